The van der Waals surface area contributed by atoms with Crippen LogP contribution in [0.5, 0.6) is 5.75 Å². The Hall–Kier alpha value is -2.13. The van der Waals surface area contributed by atoms with Crippen LogP contribution in [0.15, 0.2) is 28.6 Å². The van der Waals surface area contributed by atoms with E-state index in [1.165, 1.54) is 23.1 Å². The predicted octanol–water partition coefficient (Wildman–Crippen LogP) is 2.90. The van der Waals surface area contributed by atoms with Crippen molar-refractivity contribution in [3.05, 3.63) is 29.8 Å². The summed E-state index contributed by atoms with van der Waals surface area (Å²) in [5.74, 6) is 1.13. The molecule has 2 amide bonds. The van der Waals surface area contributed by atoms with Gasteiger partial charge in [-0.05, 0) is 37.0 Å². The fraction of sp³-hybridized carbons (Fsp3) is 0.474. The summed E-state index contributed by atoms with van der Waals surface area (Å²) >= 11 is 2.72. The Morgan fingerprint density at radius 1 is 1.29 bits per heavy atom. The molecule has 1 heterocycles. The lowest BCUT2D eigenvalue weighted by Gasteiger charge is -2.17. The highest BCUT2D eigenvalue weighted by Crippen LogP contribution is 2.36. The molecule has 150 valence electrons. The van der Waals surface area contributed by atoms with Gasteiger partial charge in [0.15, 0.2) is 4.34 Å². The van der Waals surface area contributed by atoms with Crippen molar-refractivity contribution in [2.24, 2.45) is 0 Å². The molecule has 0 aliphatic heterocycles. The summed E-state index contributed by atoms with van der Waals surface area (Å²) in [7, 11) is 1.64. The fourth-order valence-corrected chi connectivity index (χ4v) is 4.40. The highest BCUT2D eigenvalue weighted by molar-refractivity contribution is 8.01. The number of amides is 2. The van der Waals surface area contributed by atoms with E-state index in [1.54, 1.807) is 12.0 Å². The second kappa shape index (κ2) is 9.88. The lowest BCUT2D eigenvalue weighted by atomic mass is 10.1. The van der Waals surface area contributed by atoms with Gasteiger partial charge in [-0.15, -0.1) is 10.2 Å². The quantitative estimate of drug-likeness (QED) is 0.470. The molecule has 1 aromatic heterocycles. The molecule has 0 bridgehead atoms. The molecule has 1 saturated carbocycles. The standard InChI is InChI=1S/C19H24N4O3S2/c1-3-17(25)23(14-6-7-14)18-21-22-19(28-18)27-12-16(24)20-11-10-13-4-8-15(26-2)9-5-13/h4-5,8-9,14H,3,6-7,10-12H2,1-2H3,(H,20,24). The first kappa shape index (κ1) is 20.6. The molecule has 1 N–H and O–H groups in total. The second-order valence-electron chi connectivity index (χ2n) is 6.44. The molecule has 1 fully saturated rings. The van der Waals surface area contributed by atoms with Gasteiger partial charge >= 0.3 is 0 Å². The van der Waals surface area contributed by atoms with E-state index in [9.17, 15) is 9.59 Å². The van der Waals surface area contributed by atoms with Crippen LogP contribution in [0.2, 0.25) is 0 Å². The number of hydrogen-bond donors (Lipinski definition) is 1. The number of nitrogens with zero attached hydrogens (tertiary/aromatic N) is 3. The number of carbonyl (C=O) groups excluding carboxylic acids is 2. The Kier molecular flexibility index (Phi) is 7.27. The number of thioether (sulfide) groups is 1. The van der Waals surface area contributed by atoms with E-state index in [0.29, 0.717) is 22.4 Å². The Morgan fingerprint density at radius 3 is 2.68 bits per heavy atom. The van der Waals surface area contributed by atoms with Crippen molar-refractivity contribution in [1.29, 1.82) is 0 Å². The van der Waals surface area contributed by atoms with E-state index in [-0.39, 0.29) is 23.6 Å². The van der Waals surface area contributed by atoms with Gasteiger partial charge in [-0.25, -0.2) is 0 Å². The van der Waals surface area contributed by atoms with Crippen molar-refractivity contribution in [2.75, 3.05) is 24.3 Å². The smallest absolute Gasteiger partial charge is 0.230 e. The van der Waals surface area contributed by atoms with Gasteiger partial charge < -0.3 is 10.1 Å². The molecule has 0 unspecified atom stereocenters. The van der Waals surface area contributed by atoms with E-state index < -0.39 is 0 Å². The maximum absolute atomic E-state index is 12.1. The molecule has 1 aliphatic carbocycles. The van der Waals surface area contributed by atoms with Crippen LogP contribution in [0.3, 0.4) is 0 Å². The maximum atomic E-state index is 12.1. The van der Waals surface area contributed by atoms with Gasteiger partial charge in [-0.1, -0.05) is 42.2 Å². The van der Waals surface area contributed by atoms with Crippen LogP contribution in [-0.4, -0.2) is 47.5 Å². The molecule has 1 aromatic carbocycles. The molecular formula is C19H24N4O3S2. The molecule has 7 nitrogen and oxygen atoms in total. The van der Waals surface area contributed by atoms with Gasteiger partial charge in [-0.3, -0.25) is 14.5 Å². The molecule has 28 heavy (non-hydrogen) atoms. The molecule has 0 saturated heterocycles. The van der Waals surface area contributed by atoms with Crippen molar-refractivity contribution in [2.45, 2.75) is 43.0 Å². The summed E-state index contributed by atoms with van der Waals surface area (Å²) in [6.07, 6.45) is 3.25. The number of ether oxygens (including phenoxy) is 1. The van der Waals surface area contributed by atoms with Gasteiger partial charge in [0.05, 0.1) is 12.9 Å². The van der Waals surface area contributed by atoms with Crippen molar-refractivity contribution in [3.8, 4) is 5.75 Å². The minimum atomic E-state index is -0.0426. The maximum Gasteiger partial charge on any atom is 0.230 e. The summed E-state index contributed by atoms with van der Waals surface area (Å²) in [5.41, 5.74) is 1.14. The number of carbonyl (C=O) groups is 2. The lowest BCUT2D eigenvalue weighted by molar-refractivity contribution is -0.119. The minimum Gasteiger partial charge on any atom is -0.497 e. The van der Waals surface area contributed by atoms with Crippen LogP contribution < -0.4 is 15.0 Å². The van der Waals surface area contributed by atoms with Crippen LogP contribution in [0, 0.1) is 0 Å². The summed E-state index contributed by atoms with van der Waals surface area (Å²) in [6, 6.07) is 8.07. The van der Waals surface area contributed by atoms with Crippen LogP contribution >= 0.6 is 23.1 Å². The zero-order valence-electron chi connectivity index (χ0n) is 16.0. The molecule has 1 aliphatic rings. The lowest BCUT2D eigenvalue weighted by Crippen LogP contribution is -2.32. The average molecular weight is 421 g/mol. The number of anilines is 1. The minimum absolute atomic E-state index is 0.0426. The van der Waals surface area contributed by atoms with Crippen molar-refractivity contribution in [3.63, 3.8) is 0 Å². The van der Waals surface area contributed by atoms with Crippen LogP contribution in [0.1, 0.15) is 31.7 Å². The first-order valence-corrected chi connectivity index (χ1v) is 11.1. The zero-order valence-corrected chi connectivity index (χ0v) is 17.6. The van der Waals surface area contributed by atoms with Crippen LogP contribution in [0.4, 0.5) is 5.13 Å². The third kappa shape index (κ3) is 5.68. The van der Waals surface area contributed by atoms with Gasteiger partial charge in [0.1, 0.15) is 5.75 Å². The number of hydrogen-bond acceptors (Lipinski definition) is 7. The summed E-state index contributed by atoms with van der Waals surface area (Å²) in [5, 5.41) is 11.8. The van der Waals surface area contributed by atoms with E-state index in [1.807, 2.05) is 31.2 Å². The Morgan fingerprint density at radius 2 is 2.04 bits per heavy atom. The number of benzene rings is 1. The molecule has 0 spiro atoms. The zero-order chi connectivity index (χ0) is 19.9. The number of methoxy groups -OCH3 is 1. The van der Waals surface area contributed by atoms with E-state index >= 15 is 0 Å². The summed E-state index contributed by atoms with van der Waals surface area (Å²) < 4.78 is 5.84. The SMILES string of the molecule is CCC(=O)N(c1nnc(SCC(=O)NCCc2ccc(OC)cc2)s1)C1CC1. The van der Waals surface area contributed by atoms with E-state index in [0.717, 1.165) is 30.6 Å². The molecule has 0 radical (unpaired) electrons. The van der Waals surface area contributed by atoms with Crippen LogP contribution in [0.25, 0.3) is 0 Å². The third-order valence-corrected chi connectivity index (χ3v) is 6.36. The van der Waals surface area contributed by atoms with Gasteiger partial charge in [0.2, 0.25) is 16.9 Å². The summed E-state index contributed by atoms with van der Waals surface area (Å²) in [4.78, 5) is 25.9. The highest BCUT2D eigenvalue weighted by Gasteiger charge is 2.35. The highest BCUT2D eigenvalue weighted by atomic mass is 32.2. The fourth-order valence-electron chi connectivity index (χ4n) is 2.64. The second-order valence-corrected chi connectivity index (χ2v) is 8.61. The molecular weight excluding hydrogens is 396 g/mol. The van der Waals surface area contributed by atoms with Crippen molar-refractivity contribution >= 4 is 40.0 Å². The van der Waals surface area contributed by atoms with Crippen LogP contribution in [-0.2, 0) is 16.0 Å². The van der Waals surface area contributed by atoms with Gasteiger partial charge in [0.25, 0.3) is 0 Å². The topological polar surface area (TPSA) is 84.4 Å². The van der Waals surface area contributed by atoms with Gasteiger partial charge in [-0.2, -0.15) is 0 Å². The van der Waals surface area contributed by atoms with Crippen molar-refractivity contribution < 1.29 is 14.3 Å². The average Bonchev–Trinajstić information content (AvgIpc) is 3.44. The van der Waals surface area contributed by atoms with E-state index in [2.05, 4.69) is 15.5 Å². The largest absolute Gasteiger partial charge is 0.497 e. The first-order valence-electron chi connectivity index (χ1n) is 9.28. The first-order chi connectivity index (χ1) is 13.6. The Labute approximate surface area is 172 Å². The van der Waals surface area contributed by atoms with E-state index in [4.69, 9.17) is 4.74 Å². The molecule has 9 heteroatoms. The summed E-state index contributed by atoms with van der Waals surface area (Å²) in [6.45, 7) is 2.43. The monoisotopic (exact) mass is 420 g/mol. The molecule has 2 aromatic rings. The number of nitrogens with one attached hydrogen (secondary N) is 1. The third-order valence-electron chi connectivity index (χ3n) is 4.31. The number of aromatic nitrogens is 2. The Bertz CT molecular complexity index is 806. The Balaban J connectivity index is 1.42. The van der Waals surface area contributed by atoms with Crippen molar-refractivity contribution in [1.82, 2.24) is 15.5 Å². The van der Waals surface area contributed by atoms with Gasteiger partial charge in [0, 0.05) is 19.0 Å². The number of rotatable bonds is 10. The predicted molar refractivity (Wildman–Crippen MR) is 111 cm³/mol. The molecule has 0 atom stereocenters. The normalized spacial score (nSPS) is 13.2. The molecule has 3 rings (SSSR count).